The van der Waals surface area contributed by atoms with Crippen LogP contribution >= 0.6 is 16.1 Å². The molecule has 0 radical (unpaired) electrons. The van der Waals surface area contributed by atoms with E-state index in [1.807, 2.05) is 62.3 Å². The summed E-state index contributed by atoms with van der Waals surface area (Å²) in [5.41, 5.74) is 2.10. The van der Waals surface area contributed by atoms with E-state index in [0.717, 1.165) is 32.8 Å². The summed E-state index contributed by atoms with van der Waals surface area (Å²) in [6, 6.07) is 6.26. The third kappa shape index (κ3) is 120. The molecule has 1 aromatic rings. The Labute approximate surface area is 383 Å². The summed E-state index contributed by atoms with van der Waals surface area (Å²) < 4.78 is 78.0. The first-order valence-electron chi connectivity index (χ1n) is 18.3. The maximum Gasteiger partial charge on any atom is 2.00 e. The molecule has 370 valence electrons. The maximum absolute atomic E-state index is 9.75. The molecule has 0 saturated heterocycles. The molecule has 0 spiro atoms. The SMILES string of the molecule is CC(C)P(Nc1cccc(NP(C(C)C)C(C)C)n1)C(C)C.C[N+](=O)[O-].C[N+](=O)[O-].C[N+](=O)[O-].F[B-](F)(F)F.F[B-](F)(F)F.[C-]#[N+]C(C)(C)C.[C-]#[N+]C(C)(C)C.[C-]#[N+]C(C)(C)C.[Fe+2]. The molecule has 0 bridgehead atoms. The molecule has 28 heteroatoms. The van der Waals surface area contributed by atoms with Crippen LogP contribution in [0.1, 0.15) is 118 Å². The first kappa shape index (κ1) is 79.7. The number of nitrogens with one attached hydrogen (secondary N) is 2. The first-order valence-corrected chi connectivity index (χ1v) is 21.3. The standard InChI is InChI=1S/C17H33N3P2.3C5H9N.3CH3NO2.2BF4.Fe/c1-12(2)21(13(3)4)19-16-10-9-11-17(18-16)20-22(14(5)6)15(7)8;3*1-5(2,3)6-4;3*1-2(3)4;2*2-1(3,4)5;/h9-15H,1-8H3,(H2,18,19,20);3*1-3H3;3*1H3;;;/q;;;;;;;2*-1;+2. The largest absolute Gasteiger partial charge is 2.00 e. The fourth-order valence-corrected chi connectivity index (χ4v) is 6.73. The molecular weight excluding hydrogens is 934 g/mol. The van der Waals surface area contributed by atoms with E-state index in [4.69, 9.17) is 55.0 Å². The van der Waals surface area contributed by atoms with Crippen LogP contribution in [0.3, 0.4) is 0 Å². The van der Waals surface area contributed by atoms with Gasteiger partial charge in [0, 0.05) is 77.1 Å². The van der Waals surface area contributed by atoms with E-state index in [1.54, 1.807) is 0 Å². The van der Waals surface area contributed by atoms with Crippen molar-refractivity contribution in [3.8, 4) is 0 Å². The number of halogens is 8. The van der Waals surface area contributed by atoms with E-state index in [2.05, 4.69) is 98.3 Å². The summed E-state index contributed by atoms with van der Waals surface area (Å²) in [5.74, 6) is 2.00. The molecule has 0 amide bonds. The summed E-state index contributed by atoms with van der Waals surface area (Å²) in [5, 5.41) is 33.8. The van der Waals surface area contributed by atoms with Gasteiger partial charge in [0.2, 0.25) is 16.6 Å². The Morgan fingerprint density at radius 3 is 0.762 bits per heavy atom. The zero-order valence-electron chi connectivity index (χ0n) is 40.0. The van der Waals surface area contributed by atoms with Crippen molar-refractivity contribution >= 4 is 42.3 Å². The number of anilines is 2. The van der Waals surface area contributed by atoms with Crippen molar-refractivity contribution in [1.82, 2.24) is 4.98 Å². The molecule has 0 unspecified atom stereocenters. The molecule has 0 aliphatic carbocycles. The fourth-order valence-electron chi connectivity index (χ4n) is 2.53. The van der Waals surface area contributed by atoms with Crippen molar-refractivity contribution in [3.05, 3.63) is 82.8 Å². The molecule has 1 aromatic heterocycles. The topological polar surface area (TPSA) is 179 Å². The van der Waals surface area contributed by atoms with Gasteiger partial charge in [-0.3, -0.25) is 30.3 Å². The Kier molecular flexibility index (Phi) is 52.0. The molecule has 63 heavy (non-hydrogen) atoms. The Morgan fingerprint density at radius 1 is 0.540 bits per heavy atom. The third-order valence-corrected chi connectivity index (χ3v) is 9.89. The molecule has 0 saturated carbocycles. The van der Waals surface area contributed by atoms with Crippen molar-refractivity contribution in [2.45, 2.75) is 157 Å². The monoisotopic (exact) mass is 1000 g/mol. The number of aromatic nitrogens is 1. The molecule has 1 rings (SSSR count). The van der Waals surface area contributed by atoms with Crippen molar-refractivity contribution < 1.29 is 66.4 Å². The summed E-state index contributed by atoms with van der Waals surface area (Å²) in [4.78, 5) is 39.5. The van der Waals surface area contributed by atoms with Gasteiger partial charge in [0.15, 0.2) is 21.1 Å². The third-order valence-electron chi connectivity index (χ3n) is 4.47. The summed E-state index contributed by atoms with van der Waals surface area (Å²) >= 11 is 0. The van der Waals surface area contributed by atoms with Gasteiger partial charge in [0.05, 0.1) is 0 Å². The van der Waals surface area contributed by atoms with Crippen LogP contribution in [0.25, 0.3) is 14.5 Å². The number of hydrogen-bond donors (Lipinski definition) is 2. The van der Waals surface area contributed by atoms with Crippen LogP contribution in [-0.4, -0.2) is 94.7 Å². The molecular formula is C35H69B2F8FeN9O6P2. The molecule has 0 aliphatic rings. The molecule has 1 heterocycles. The van der Waals surface area contributed by atoms with Gasteiger partial charge < -0.3 is 59.2 Å². The van der Waals surface area contributed by atoms with Gasteiger partial charge >= 0.3 is 31.6 Å². The van der Waals surface area contributed by atoms with Crippen molar-refractivity contribution in [2.75, 3.05) is 31.3 Å². The average molecular weight is 1000 g/mol. The van der Waals surface area contributed by atoms with Crippen molar-refractivity contribution in [1.29, 1.82) is 0 Å². The second-order valence-electron chi connectivity index (χ2n) is 16.0. The number of pyridine rings is 1. The fraction of sp³-hybridized carbons (Fsp3) is 0.771. The maximum atomic E-state index is 9.75. The van der Waals surface area contributed by atoms with Gasteiger partial charge in [0.25, 0.3) is 0 Å². The Bertz CT molecular complexity index is 1290. The number of hydrogen-bond acceptors (Lipinski definition) is 9. The van der Waals surface area contributed by atoms with E-state index in [-0.39, 0.29) is 49.8 Å². The summed E-state index contributed by atoms with van der Waals surface area (Å²) in [6.07, 6.45) is 0. The predicted octanol–water partition coefficient (Wildman–Crippen LogP) is 13.7. The van der Waals surface area contributed by atoms with Gasteiger partial charge in [-0.15, -0.1) is 0 Å². The Morgan fingerprint density at radius 2 is 0.667 bits per heavy atom. The Hall–Kier alpha value is -3.63. The van der Waals surface area contributed by atoms with E-state index in [0.29, 0.717) is 22.6 Å². The first-order chi connectivity index (χ1) is 27.1. The zero-order valence-corrected chi connectivity index (χ0v) is 42.9. The molecule has 15 nitrogen and oxygen atoms in total. The van der Waals surface area contributed by atoms with Crippen LogP contribution in [-0.2, 0) is 17.1 Å². The quantitative estimate of drug-likeness (QED) is 0.0640. The van der Waals surface area contributed by atoms with Gasteiger partial charge in [-0.2, -0.15) is 0 Å². The molecule has 0 fully saturated rings. The normalized spacial score (nSPS) is 10.3. The van der Waals surface area contributed by atoms with Crippen LogP contribution < -0.4 is 10.2 Å². The minimum absolute atomic E-state index is 0. The Balaban J connectivity index is -0.0000000841. The van der Waals surface area contributed by atoms with Gasteiger partial charge in [-0.25, -0.2) is 24.7 Å². The van der Waals surface area contributed by atoms with E-state index < -0.39 is 29.3 Å². The van der Waals surface area contributed by atoms with Gasteiger partial charge in [0.1, 0.15) is 11.6 Å². The van der Waals surface area contributed by atoms with Crippen LogP contribution in [0.4, 0.5) is 46.2 Å². The van der Waals surface area contributed by atoms with Crippen LogP contribution in [0.2, 0.25) is 0 Å². The van der Waals surface area contributed by atoms with E-state index >= 15 is 0 Å². The minimum Gasteiger partial charge on any atom is -0.418 e. The van der Waals surface area contributed by atoms with Crippen molar-refractivity contribution in [3.63, 3.8) is 0 Å². The second kappa shape index (κ2) is 41.1. The molecule has 2 N–H and O–H groups in total. The van der Waals surface area contributed by atoms with Crippen LogP contribution in [0, 0.1) is 50.1 Å². The molecule has 0 atom stereocenters. The number of rotatable bonds is 8. The number of nitro groups is 3. The second-order valence-corrected chi connectivity index (χ2v) is 22.2. The summed E-state index contributed by atoms with van der Waals surface area (Å²) in [6.45, 7) is 54.8. The minimum atomic E-state index is -6.00. The van der Waals surface area contributed by atoms with Crippen LogP contribution in [0.15, 0.2) is 18.2 Å². The van der Waals surface area contributed by atoms with E-state index in [9.17, 15) is 34.5 Å². The number of nitrogens with zero attached hydrogens (tertiary/aromatic N) is 7. The molecule has 0 aliphatic heterocycles. The van der Waals surface area contributed by atoms with Crippen LogP contribution in [0.5, 0.6) is 0 Å². The average Bonchev–Trinajstić information content (AvgIpc) is 2.99. The molecule has 0 aromatic carbocycles. The zero-order chi connectivity index (χ0) is 52.2. The van der Waals surface area contributed by atoms with E-state index in [1.165, 1.54) is 0 Å². The predicted molar refractivity (Wildman–Crippen MR) is 244 cm³/mol. The van der Waals surface area contributed by atoms with Gasteiger partial charge in [-0.1, -0.05) is 61.5 Å². The van der Waals surface area contributed by atoms with Crippen molar-refractivity contribution in [2.24, 2.45) is 0 Å². The smallest absolute Gasteiger partial charge is 0.418 e. The van der Waals surface area contributed by atoms with Gasteiger partial charge in [-0.05, 0) is 50.9 Å². The summed E-state index contributed by atoms with van der Waals surface area (Å²) in [7, 11) is -9.83.